The van der Waals surface area contributed by atoms with Gasteiger partial charge in [-0.15, -0.1) is 0 Å². The molecule has 2 heterocycles. The van der Waals surface area contributed by atoms with Crippen molar-refractivity contribution in [3.05, 3.63) is 75.1 Å². The molecule has 0 aliphatic heterocycles. The zero-order chi connectivity index (χ0) is 22.1. The number of rotatable bonds is 6. The number of oxazole rings is 1. The van der Waals surface area contributed by atoms with Crippen molar-refractivity contribution in [3.8, 4) is 0 Å². The van der Waals surface area contributed by atoms with Crippen LogP contribution in [0, 0.1) is 12.8 Å². The van der Waals surface area contributed by atoms with E-state index < -0.39 is 5.76 Å². The molecule has 2 aromatic heterocycles. The summed E-state index contributed by atoms with van der Waals surface area (Å²) in [6.45, 7) is 5.79. The van der Waals surface area contributed by atoms with Crippen molar-refractivity contribution < 1.29 is 9.21 Å². The summed E-state index contributed by atoms with van der Waals surface area (Å²) in [6.07, 6.45) is 0. The molecule has 2 aromatic carbocycles. The molecule has 160 valence electrons. The third-order valence-corrected chi connectivity index (χ3v) is 5.45. The molecule has 0 unspecified atom stereocenters. The summed E-state index contributed by atoms with van der Waals surface area (Å²) in [4.78, 5) is 37.8. The van der Waals surface area contributed by atoms with Gasteiger partial charge in [-0.05, 0) is 31.0 Å². The summed E-state index contributed by atoms with van der Waals surface area (Å²) in [5.74, 6) is -0.763. The van der Waals surface area contributed by atoms with Gasteiger partial charge in [-0.25, -0.2) is 9.48 Å². The van der Waals surface area contributed by atoms with Gasteiger partial charge in [0, 0.05) is 18.0 Å². The molecule has 0 bridgehead atoms. The number of aryl methyl sites for hydroxylation is 1. The molecule has 0 aliphatic carbocycles. The Morgan fingerprint density at radius 3 is 2.48 bits per heavy atom. The van der Waals surface area contributed by atoms with E-state index in [4.69, 9.17) is 4.42 Å². The lowest BCUT2D eigenvalue weighted by Gasteiger charge is -2.23. The second-order valence-corrected chi connectivity index (χ2v) is 7.96. The van der Waals surface area contributed by atoms with Crippen molar-refractivity contribution >= 4 is 27.8 Å². The average Bonchev–Trinajstić information content (AvgIpc) is 3.06. The Bertz CT molecular complexity index is 1380. The third-order valence-electron chi connectivity index (χ3n) is 5.45. The molecule has 0 fully saturated rings. The van der Waals surface area contributed by atoms with E-state index in [1.165, 1.54) is 9.25 Å². The molecule has 1 amide bonds. The average molecular weight is 420 g/mol. The topological polar surface area (TPSA) is 99.1 Å². The zero-order valence-corrected chi connectivity index (χ0v) is 17.7. The molecular formula is C23H24N4O4. The second-order valence-electron chi connectivity index (χ2n) is 7.96. The predicted molar refractivity (Wildman–Crippen MR) is 118 cm³/mol. The first-order chi connectivity index (χ1) is 14.8. The molecule has 4 rings (SSSR count). The largest absolute Gasteiger partial charge is 0.420 e. The fraction of sp³-hybridized carbons (Fsp3) is 0.304. The number of nitrogens with one attached hydrogen (secondary N) is 1. The number of carbonyl (C=O) groups is 1. The molecule has 0 saturated carbocycles. The van der Waals surface area contributed by atoms with Gasteiger partial charge >= 0.3 is 5.76 Å². The molecule has 8 nitrogen and oxygen atoms in total. The Labute approximate surface area is 178 Å². The normalized spacial score (nSPS) is 12.5. The molecule has 4 aromatic rings. The van der Waals surface area contributed by atoms with Crippen LogP contribution in [0.25, 0.3) is 21.9 Å². The van der Waals surface area contributed by atoms with Gasteiger partial charge in [-0.3, -0.25) is 14.2 Å². The van der Waals surface area contributed by atoms with E-state index in [-0.39, 0.29) is 36.5 Å². The number of hydrogen-bond acceptors (Lipinski definition) is 5. The van der Waals surface area contributed by atoms with Crippen LogP contribution in [0.1, 0.15) is 19.5 Å². The Morgan fingerprint density at radius 2 is 1.74 bits per heavy atom. The van der Waals surface area contributed by atoms with Gasteiger partial charge < -0.3 is 9.73 Å². The number of nitrogens with zero attached hydrogens (tertiary/aromatic N) is 3. The Morgan fingerprint density at radius 1 is 1.06 bits per heavy atom. The van der Waals surface area contributed by atoms with Crippen molar-refractivity contribution in [3.63, 3.8) is 0 Å². The quantitative estimate of drug-likeness (QED) is 0.517. The van der Waals surface area contributed by atoms with Crippen LogP contribution in [0.15, 0.2) is 62.5 Å². The summed E-state index contributed by atoms with van der Waals surface area (Å²) in [6, 6.07) is 14.0. The van der Waals surface area contributed by atoms with Gasteiger partial charge in [0.05, 0.1) is 16.6 Å². The van der Waals surface area contributed by atoms with Gasteiger partial charge in [0.25, 0.3) is 5.56 Å². The number of amides is 1. The number of aromatic nitrogens is 3. The number of benzene rings is 2. The standard InChI is InChI=1S/C23H24N4O4/c1-14(2)18(12-26-19-10-6-7-11-20(19)31-23(26)30)24-21(28)13-27-22(29)17-9-5-4-8-16(17)15(3)25-27/h4-11,14,18H,12-13H2,1-3H3,(H,24,28)/t18-/m1/s1. The van der Waals surface area contributed by atoms with Gasteiger partial charge in [0.1, 0.15) is 6.54 Å². The van der Waals surface area contributed by atoms with Crippen molar-refractivity contribution in [2.24, 2.45) is 5.92 Å². The summed E-state index contributed by atoms with van der Waals surface area (Å²) in [7, 11) is 0. The summed E-state index contributed by atoms with van der Waals surface area (Å²) >= 11 is 0. The second kappa shape index (κ2) is 8.22. The lowest BCUT2D eigenvalue weighted by Crippen LogP contribution is -2.45. The fourth-order valence-electron chi connectivity index (χ4n) is 3.71. The summed E-state index contributed by atoms with van der Waals surface area (Å²) in [5.41, 5.74) is 1.55. The highest BCUT2D eigenvalue weighted by molar-refractivity contribution is 5.83. The Hall–Kier alpha value is -3.68. The monoisotopic (exact) mass is 420 g/mol. The van der Waals surface area contributed by atoms with E-state index in [1.807, 2.05) is 39.0 Å². The molecule has 0 spiro atoms. The van der Waals surface area contributed by atoms with E-state index in [0.717, 1.165) is 5.39 Å². The van der Waals surface area contributed by atoms with Crippen LogP contribution in [-0.2, 0) is 17.9 Å². The fourth-order valence-corrected chi connectivity index (χ4v) is 3.71. The zero-order valence-electron chi connectivity index (χ0n) is 17.7. The van der Waals surface area contributed by atoms with Crippen LogP contribution < -0.4 is 16.6 Å². The number of carbonyl (C=O) groups excluding carboxylic acids is 1. The molecular weight excluding hydrogens is 396 g/mol. The van der Waals surface area contributed by atoms with Gasteiger partial charge in [-0.2, -0.15) is 5.10 Å². The maximum absolute atomic E-state index is 12.8. The van der Waals surface area contributed by atoms with Crippen LogP contribution in [0.2, 0.25) is 0 Å². The van der Waals surface area contributed by atoms with Crippen LogP contribution in [-0.4, -0.2) is 26.3 Å². The molecule has 0 saturated heterocycles. The van der Waals surface area contributed by atoms with Gasteiger partial charge in [0.15, 0.2) is 5.58 Å². The lowest BCUT2D eigenvalue weighted by molar-refractivity contribution is -0.123. The van der Waals surface area contributed by atoms with Crippen LogP contribution >= 0.6 is 0 Å². The highest BCUT2D eigenvalue weighted by Crippen LogP contribution is 2.14. The molecule has 0 radical (unpaired) electrons. The van der Waals surface area contributed by atoms with Gasteiger partial charge in [-0.1, -0.05) is 44.2 Å². The van der Waals surface area contributed by atoms with E-state index >= 15 is 0 Å². The predicted octanol–water partition coefficient (Wildman–Crippen LogP) is 2.45. The van der Waals surface area contributed by atoms with E-state index in [9.17, 15) is 14.4 Å². The van der Waals surface area contributed by atoms with E-state index in [1.54, 1.807) is 30.3 Å². The summed E-state index contributed by atoms with van der Waals surface area (Å²) < 4.78 is 7.99. The van der Waals surface area contributed by atoms with E-state index in [0.29, 0.717) is 22.2 Å². The number of para-hydroxylation sites is 2. The lowest BCUT2D eigenvalue weighted by atomic mass is 10.0. The van der Waals surface area contributed by atoms with Crippen molar-refractivity contribution in [1.82, 2.24) is 19.7 Å². The first-order valence-corrected chi connectivity index (χ1v) is 10.2. The van der Waals surface area contributed by atoms with Crippen LogP contribution in [0.3, 0.4) is 0 Å². The summed E-state index contributed by atoms with van der Waals surface area (Å²) in [5, 5.41) is 8.55. The van der Waals surface area contributed by atoms with Crippen LogP contribution in [0.4, 0.5) is 0 Å². The molecule has 1 atom stereocenters. The minimum absolute atomic E-state index is 0.0486. The highest BCUT2D eigenvalue weighted by atomic mass is 16.4. The maximum Gasteiger partial charge on any atom is 0.420 e. The van der Waals surface area contributed by atoms with Gasteiger partial charge in [0.2, 0.25) is 5.91 Å². The first-order valence-electron chi connectivity index (χ1n) is 10.2. The minimum Gasteiger partial charge on any atom is -0.408 e. The molecule has 1 N–H and O–H groups in total. The maximum atomic E-state index is 12.8. The molecule has 0 aliphatic rings. The van der Waals surface area contributed by atoms with E-state index in [2.05, 4.69) is 10.4 Å². The smallest absolute Gasteiger partial charge is 0.408 e. The van der Waals surface area contributed by atoms with Crippen molar-refractivity contribution in [2.75, 3.05) is 0 Å². The minimum atomic E-state index is -0.468. The Kier molecular flexibility index (Phi) is 5.46. The first kappa shape index (κ1) is 20.6. The third kappa shape index (κ3) is 4.01. The Balaban J connectivity index is 1.57. The van der Waals surface area contributed by atoms with Crippen molar-refractivity contribution in [2.45, 2.75) is 39.9 Å². The number of hydrogen-bond donors (Lipinski definition) is 1. The SMILES string of the molecule is Cc1nn(CC(=O)N[C@H](Cn2c(=O)oc3ccccc32)C(C)C)c(=O)c2ccccc12. The van der Waals surface area contributed by atoms with Crippen LogP contribution in [0.5, 0.6) is 0 Å². The molecule has 8 heteroatoms. The van der Waals surface area contributed by atoms with Crippen molar-refractivity contribution in [1.29, 1.82) is 0 Å². The number of fused-ring (bicyclic) bond motifs is 2. The molecule has 31 heavy (non-hydrogen) atoms. The highest BCUT2D eigenvalue weighted by Gasteiger charge is 2.21.